The number of hydrogen-bond donors (Lipinski definition) is 0. The van der Waals surface area contributed by atoms with E-state index >= 15 is 0 Å². The summed E-state index contributed by atoms with van der Waals surface area (Å²) in [6, 6.07) is 0. The molecule has 1 unspecified atom stereocenters. The van der Waals surface area contributed by atoms with Crippen molar-refractivity contribution in [2.45, 2.75) is 97.7 Å². The van der Waals surface area contributed by atoms with E-state index in [-0.39, 0.29) is 11.0 Å². The summed E-state index contributed by atoms with van der Waals surface area (Å²) in [7, 11) is 0. The van der Waals surface area contributed by atoms with Crippen LogP contribution in [0.25, 0.3) is 0 Å². The van der Waals surface area contributed by atoms with E-state index in [9.17, 15) is 4.79 Å². The minimum Gasteiger partial charge on any atom is -0.367 e. The maximum Gasteiger partial charge on any atom is 0.156 e. The Balaban J connectivity index is 1.33. The van der Waals surface area contributed by atoms with Gasteiger partial charge in [-0.05, 0) is 111 Å². The Labute approximate surface area is 177 Å². The van der Waals surface area contributed by atoms with Crippen molar-refractivity contribution in [2.75, 3.05) is 0 Å². The van der Waals surface area contributed by atoms with Crippen molar-refractivity contribution in [3.05, 3.63) is 23.8 Å². The van der Waals surface area contributed by atoms with Crippen LogP contribution in [0.2, 0.25) is 0 Å². The van der Waals surface area contributed by atoms with Gasteiger partial charge in [0.2, 0.25) is 0 Å². The van der Waals surface area contributed by atoms with E-state index in [1.807, 2.05) is 6.08 Å². The van der Waals surface area contributed by atoms with Gasteiger partial charge in [-0.2, -0.15) is 0 Å². The summed E-state index contributed by atoms with van der Waals surface area (Å²) in [4.78, 5) is 12.0. The van der Waals surface area contributed by atoms with E-state index in [0.29, 0.717) is 23.2 Å². The molecule has 1 saturated heterocycles. The van der Waals surface area contributed by atoms with Crippen LogP contribution in [-0.2, 0) is 9.53 Å². The summed E-state index contributed by atoms with van der Waals surface area (Å²) in [6.45, 7) is 12.1. The highest BCUT2D eigenvalue weighted by atomic mass is 16.6. The smallest absolute Gasteiger partial charge is 0.156 e. The van der Waals surface area contributed by atoms with Gasteiger partial charge in [0, 0.05) is 6.42 Å². The Morgan fingerprint density at radius 1 is 1.10 bits per heavy atom. The van der Waals surface area contributed by atoms with E-state index in [0.717, 1.165) is 36.5 Å². The SMILES string of the molecule is C[C@H](CCC1OC1(C)C)[C@H]1CC[C@H]2[C@@H]3C=CC4=CC(=O)CC[C@]4(C)[C@H]3CC[C@]12C. The summed E-state index contributed by atoms with van der Waals surface area (Å²) in [5.41, 5.74) is 2.18. The first-order chi connectivity index (χ1) is 13.6. The van der Waals surface area contributed by atoms with Crippen LogP contribution in [0.4, 0.5) is 0 Å². The molecule has 29 heavy (non-hydrogen) atoms. The zero-order valence-corrected chi connectivity index (χ0v) is 19.2. The predicted molar refractivity (Wildman–Crippen MR) is 117 cm³/mol. The molecule has 0 aromatic carbocycles. The van der Waals surface area contributed by atoms with Gasteiger partial charge in [0.1, 0.15) is 0 Å². The number of ketones is 1. The molecule has 1 aliphatic heterocycles. The second-order valence-electron chi connectivity index (χ2n) is 12.1. The van der Waals surface area contributed by atoms with Crippen molar-refractivity contribution in [1.82, 2.24) is 0 Å². The molecule has 5 rings (SSSR count). The Hall–Kier alpha value is -0.890. The molecule has 0 N–H and O–H groups in total. The molecule has 0 radical (unpaired) electrons. The van der Waals surface area contributed by atoms with Gasteiger partial charge >= 0.3 is 0 Å². The molecule has 3 fully saturated rings. The molecule has 8 atom stereocenters. The van der Waals surface area contributed by atoms with Crippen LogP contribution < -0.4 is 0 Å². The number of epoxide rings is 1. The standard InChI is InChI=1S/C27H40O2/c1-17(6-11-24-25(2,3)29-24)21-9-10-22-20-8-7-18-16-19(28)12-14-26(18,4)23(20)13-15-27(21,22)5/h7-8,16-17,20-24H,6,9-15H2,1-5H3/t17-,20+,21-,22+,23+,24?,26+,27-/m1/s1. The maximum absolute atomic E-state index is 12.0. The predicted octanol–water partition coefficient (Wildman–Crippen LogP) is 6.50. The number of ether oxygens (including phenoxy) is 1. The topological polar surface area (TPSA) is 29.6 Å². The third-order valence-electron chi connectivity index (χ3n) is 10.3. The summed E-state index contributed by atoms with van der Waals surface area (Å²) in [6.07, 6.45) is 17.2. The van der Waals surface area contributed by atoms with Crippen LogP contribution in [0.3, 0.4) is 0 Å². The summed E-state index contributed by atoms with van der Waals surface area (Å²) >= 11 is 0. The van der Waals surface area contributed by atoms with E-state index in [4.69, 9.17) is 4.74 Å². The Kier molecular flexibility index (Phi) is 4.53. The molecule has 4 aliphatic carbocycles. The van der Waals surface area contributed by atoms with Crippen molar-refractivity contribution in [3.63, 3.8) is 0 Å². The molecular weight excluding hydrogens is 356 g/mol. The van der Waals surface area contributed by atoms with Crippen LogP contribution >= 0.6 is 0 Å². The lowest BCUT2D eigenvalue weighted by molar-refractivity contribution is -0.116. The van der Waals surface area contributed by atoms with Gasteiger partial charge in [0.25, 0.3) is 0 Å². The molecule has 2 nitrogen and oxygen atoms in total. The number of carbonyl (C=O) groups is 1. The Morgan fingerprint density at radius 2 is 1.86 bits per heavy atom. The molecule has 160 valence electrons. The molecule has 0 bridgehead atoms. The van der Waals surface area contributed by atoms with E-state index < -0.39 is 0 Å². The lowest BCUT2D eigenvalue weighted by Crippen LogP contribution is -2.49. The minimum absolute atomic E-state index is 0.134. The van der Waals surface area contributed by atoms with Crippen LogP contribution in [0.15, 0.2) is 23.8 Å². The van der Waals surface area contributed by atoms with Crippen molar-refractivity contribution in [2.24, 2.45) is 40.4 Å². The van der Waals surface area contributed by atoms with Crippen LogP contribution in [0.1, 0.15) is 86.0 Å². The van der Waals surface area contributed by atoms with Gasteiger partial charge in [-0.3, -0.25) is 4.79 Å². The van der Waals surface area contributed by atoms with Gasteiger partial charge in [-0.1, -0.05) is 32.9 Å². The maximum atomic E-state index is 12.0. The average molecular weight is 397 g/mol. The number of carbonyl (C=O) groups excluding carboxylic acids is 1. The first-order valence-electron chi connectivity index (χ1n) is 12.3. The highest BCUT2D eigenvalue weighted by molar-refractivity contribution is 5.92. The largest absolute Gasteiger partial charge is 0.367 e. The number of fused-ring (bicyclic) bond motifs is 5. The molecule has 0 aromatic rings. The van der Waals surface area contributed by atoms with Gasteiger partial charge in [0.05, 0.1) is 11.7 Å². The fraction of sp³-hybridized carbons (Fsp3) is 0.815. The first kappa shape index (κ1) is 20.0. The fourth-order valence-corrected chi connectivity index (χ4v) is 8.33. The number of rotatable bonds is 4. The second kappa shape index (κ2) is 6.55. The third kappa shape index (κ3) is 3.03. The first-order valence-corrected chi connectivity index (χ1v) is 12.3. The van der Waals surface area contributed by atoms with Gasteiger partial charge in [0.15, 0.2) is 5.78 Å². The van der Waals surface area contributed by atoms with E-state index in [1.54, 1.807) is 0 Å². The molecule has 1 heterocycles. The Bertz CT molecular complexity index is 760. The lowest BCUT2D eigenvalue weighted by atomic mass is 9.48. The van der Waals surface area contributed by atoms with Gasteiger partial charge in [-0.15, -0.1) is 0 Å². The third-order valence-corrected chi connectivity index (χ3v) is 10.3. The second-order valence-corrected chi connectivity index (χ2v) is 12.1. The van der Waals surface area contributed by atoms with Crippen molar-refractivity contribution in [1.29, 1.82) is 0 Å². The fourth-order valence-electron chi connectivity index (χ4n) is 8.33. The zero-order chi connectivity index (χ0) is 20.6. The normalized spacial score (nSPS) is 48.4. The molecule has 5 aliphatic rings. The summed E-state index contributed by atoms with van der Waals surface area (Å²) in [5.74, 6) is 4.27. The highest BCUT2D eigenvalue weighted by Crippen LogP contribution is 2.66. The molecule has 0 aromatic heterocycles. The van der Waals surface area contributed by atoms with Crippen LogP contribution in [-0.4, -0.2) is 17.5 Å². The Morgan fingerprint density at radius 3 is 2.59 bits per heavy atom. The summed E-state index contributed by atoms with van der Waals surface area (Å²) < 4.78 is 5.85. The van der Waals surface area contributed by atoms with Gasteiger partial charge in [-0.25, -0.2) is 0 Å². The quantitative estimate of drug-likeness (QED) is 0.507. The highest BCUT2D eigenvalue weighted by Gasteiger charge is 2.58. The molecule has 0 amide bonds. The van der Waals surface area contributed by atoms with Crippen molar-refractivity contribution < 1.29 is 9.53 Å². The monoisotopic (exact) mass is 396 g/mol. The van der Waals surface area contributed by atoms with Crippen molar-refractivity contribution >= 4 is 5.78 Å². The zero-order valence-electron chi connectivity index (χ0n) is 19.2. The van der Waals surface area contributed by atoms with E-state index in [1.165, 1.54) is 44.1 Å². The van der Waals surface area contributed by atoms with Crippen LogP contribution in [0.5, 0.6) is 0 Å². The summed E-state index contributed by atoms with van der Waals surface area (Å²) in [5, 5.41) is 0. The van der Waals surface area contributed by atoms with Crippen LogP contribution in [0, 0.1) is 40.4 Å². The van der Waals surface area contributed by atoms with E-state index in [2.05, 4.69) is 46.8 Å². The molecule has 0 spiro atoms. The molecule has 2 heteroatoms. The lowest BCUT2D eigenvalue weighted by Gasteiger charge is -2.56. The molecular formula is C27H40O2. The minimum atomic E-state index is 0.134. The number of hydrogen-bond acceptors (Lipinski definition) is 2. The number of allylic oxidation sites excluding steroid dienone is 4. The van der Waals surface area contributed by atoms with Crippen molar-refractivity contribution in [3.8, 4) is 0 Å². The molecule has 2 saturated carbocycles. The average Bonchev–Trinajstić information content (AvgIpc) is 3.11. The van der Waals surface area contributed by atoms with Gasteiger partial charge < -0.3 is 4.74 Å².